The van der Waals surface area contributed by atoms with Crippen LogP contribution in [0, 0.1) is 0 Å². The molecule has 1 N–H and O–H groups in total. The maximum Gasteiger partial charge on any atom is 0.251 e. The highest BCUT2D eigenvalue weighted by atomic mass is 16.6. The topological polar surface area (TPSA) is 41.6 Å². The molecule has 0 radical (unpaired) electrons. The highest BCUT2D eigenvalue weighted by Crippen LogP contribution is 2.37. The smallest absolute Gasteiger partial charge is 0.251 e. The number of carbonyl (C=O) groups is 1. The van der Waals surface area contributed by atoms with Gasteiger partial charge in [0, 0.05) is 12.1 Å². The van der Waals surface area contributed by atoms with Crippen LogP contribution in [0.5, 0.6) is 0 Å². The van der Waals surface area contributed by atoms with E-state index in [0.717, 1.165) is 12.2 Å². The zero-order chi connectivity index (χ0) is 10.9. The number of benzene rings is 1. The van der Waals surface area contributed by atoms with Crippen LogP contribution >= 0.6 is 0 Å². The lowest BCUT2D eigenvalue weighted by atomic mass is 10.00. The fourth-order valence-electron chi connectivity index (χ4n) is 1.53. The first-order valence-corrected chi connectivity index (χ1v) is 5.18. The molecule has 0 saturated carbocycles. The molecule has 1 aromatic rings. The second kappa shape index (κ2) is 3.66. The number of hydrogen-bond acceptors (Lipinski definition) is 2. The van der Waals surface area contributed by atoms with Crippen LogP contribution in [-0.2, 0) is 10.3 Å². The largest absolute Gasteiger partial charge is 0.365 e. The minimum atomic E-state index is -0.164. The number of epoxide rings is 1. The monoisotopic (exact) mass is 205 g/mol. The van der Waals surface area contributed by atoms with E-state index in [9.17, 15) is 4.79 Å². The molecule has 80 valence electrons. The molecule has 0 aliphatic carbocycles. The van der Waals surface area contributed by atoms with Crippen LogP contribution in [0.3, 0.4) is 0 Å². The molecule has 1 saturated heterocycles. The van der Waals surface area contributed by atoms with Gasteiger partial charge in [0.1, 0.15) is 5.60 Å². The summed E-state index contributed by atoms with van der Waals surface area (Å²) in [5, 5.41) is 2.78. The molecule has 0 aromatic heterocycles. The van der Waals surface area contributed by atoms with Gasteiger partial charge in [0.2, 0.25) is 0 Å². The molecule has 1 aromatic carbocycles. The van der Waals surface area contributed by atoms with E-state index in [-0.39, 0.29) is 11.5 Å². The molecule has 3 heteroatoms. The van der Waals surface area contributed by atoms with Gasteiger partial charge in [-0.05, 0) is 31.5 Å². The molecule has 1 aliphatic heterocycles. The van der Waals surface area contributed by atoms with Crippen LogP contribution in [0.1, 0.15) is 29.8 Å². The molecule has 2 rings (SSSR count). The summed E-state index contributed by atoms with van der Waals surface area (Å²) in [6.45, 7) is 5.33. The number of nitrogens with one attached hydrogen (secondary N) is 1. The lowest BCUT2D eigenvalue weighted by Gasteiger charge is -2.07. The van der Waals surface area contributed by atoms with Gasteiger partial charge in [-0.25, -0.2) is 0 Å². The fraction of sp³-hybridized carbons (Fsp3) is 0.417. The van der Waals surface area contributed by atoms with E-state index in [1.165, 1.54) is 0 Å². The average molecular weight is 205 g/mol. The van der Waals surface area contributed by atoms with Crippen molar-refractivity contribution in [2.45, 2.75) is 19.4 Å². The van der Waals surface area contributed by atoms with Gasteiger partial charge in [-0.3, -0.25) is 4.79 Å². The Kier molecular flexibility index (Phi) is 2.49. The summed E-state index contributed by atoms with van der Waals surface area (Å²) in [6.07, 6.45) is 0. The van der Waals surface area contributed by atoms with E-state index < -0.39 is 0 Å². The minimum Gasteiger partial charge on any atom is -0.365 e. The summed E-state index contributed by atoms with van der Waals surface area (Å²) in [5.41, 5.74) is 1.61. The molecule has 1 atom stereocenters. The number of ether oxygens (including phenoxy) is 1. The Hall–Kier alpha value is -1.35. The summed E-state index contributed by atoms with van der Waals surface area (Å²) in [6, 6.07) is 7.61. The van der Waals surface area contributed by atoms with E-state index in [1.807, 2.05) is 38.1 Å². The van der Waals surface area contributed by atoms with Gasteiger partial charge in [-0.1, -0.05) is 12.1 Å². The normalized spacial score (nSPS) is 23.6. The number of hydrogen-bond donors (Lipinski definition) is 1. The highest BCUT2D eigenvalue weighted by molar-refractivity contribution is 5.94. The van der Waals surface area contributed by atoms with Crippen molar-refractivity contribution >= 4 is 5.91 Å². The second-order valence-electron chi connectivity index (χ2n) is 3.96. The highest BCUT2D eigenvalue weighted by Gasteiger charge is 2.41. The van der Waals surface area contributed by atoms with Crippen LogP contribution < -0.4 is 5.32 Å². The van der Waals surface area contributed by atoms with Crippen LogP contribution in [0.2, 0.25) is 0 Å². The Morgan fingerprint density at radius 1 is 1.60 bits per heavy atom. The zero-order valence-electron chi connectivity index (χ0n) is 9.04. The van der Waals surface area contributed by atoms with Crippen LogP contribution in [0.4, 0.5) is 0 Å². The molecular weight excluding hydrogens is 190 g/mol. The SMILES string of the molecule is CCNC(=O)c1cccc(C2(C)CO2)c1. The van der Waals surface area contributed by atoms with Gasteiger partial charge in [0.15, 0.2) is 0 Å². The van der Waals surface area contributed by atoms with Gasteiger partial charge in [0.25, 0.3) is 5.91 Å². The Bertz CT molecular complexity index is 383. The van der Waals surface area contributed by atoms with Crippen LogP contribution in [0.15, 0.2) is 24.3 Å². The quantitative estimate of drug-likeness (QED) is 0.763. The third kappa shape index (κ3) is 2.02. The van der Waals surface area contributed by atoms with Gasteiger partial charge < -0.3 is 10.1 Å². The zero-order valence-corrected chi connectivity index (χ0v) is 9.04. The minimum absolute atomic E-state index is 0.0244. The van der Waals surface area contributed by atoms with Gasteiger partial charge >= 0.3 is 0 Å². The summed E-state index contributed by atoms with van der Waals surface area (Å²) >= 11 is 0. The molecule has 1 heterocycles. The first-order valence-electron chi connectivity index (χ1n) is 5.18. The lowest BCUT2D eigenvalue weighted by Crippen LogP contribution is -2.23. The van der Waals surface area contributed by atoms with E-state index in [2.05, 4.69) is 5.32 Å². The van der Waals surface area contributed by atoms with Crippen LogP contribution in [0.25, 0.3) is 0 Å². The Labute approximate surface area is 89.4 Å². The van der Waals surface area contributed by atoms with Gasteiger partial charge in [-0.2, -0.15) is 0 Å². The maximum atomic E-state index is 11.6. The third-order valence-corrected chi connectivity index (χ3v) is 2.65. The molecule has 3 nitrogen and oxygen atoms in total. The van der Waals surface area contributed by atoms with E-state index in [4.69, 9.17) is 4.74 Å². The summed E-state index contributed by atoms with van der Waals surface area (Å²) in [4.78, 5) is 11.6. The lowest BCUT2D eigenvalue weighted by molar-refractivity contribution is 0.0955. The second-order valence-corrected chi connectivity index (χ2v) is 3.96. The Morgan fingerprint density at radius 3 is 2.93 bits per heavy atom. The number of rotatable bonds is 3. The molecule has 1 unspecified atom stereocenters. The first-order chi connectivity index (χ1) is 7.15. The summed E-state index contributed by atoms with van der Waals surface area (Å²) < 4.78 is 5.35. The third-order valence-electron chi connectivity index (χ3n) is 2.65. The van der Waals surface area contributed by atoms with Crippen molar-refractivity contribution in [1.29, 1.82) is 0 Å². The molecule has 1 fully saturated rings. The van der Waals surface area contributed by atoms with Crippen molar-refractivity contribution in [3.05, 3.63) is 35.4 Å². The van der Waals surface area contributed by atoms with Gasteiger partial charge in [0.05, 0.1) is 6.61 Å². The molecule has 1 amide bonds. The first kappa shape index (κ1) is 10.2. The Balaban J connectivity index is 2.23. The van der Waals surface area contributed by atoms with Crippen molar-refractivity contribution in [2.75, 3.05) is 13.2 Å². The number of amides is 1. The van der Waals surface area contributed by atoms with E-state index >= 15 is 0 Å². The van der Waals surface area contributed by atoms with Crippen LogP contribution in [-0.4, -0.2) is 19.1 Å². The molecular formula is C12H15NO2. The molecule has 1 aliphatic rings. The predicted molar refractivity (Wildman–Crippen MR) is 57.8 cm³/mol. The molecule has 15 heavy (non-hydrogen) atoms. The number of carbonyl (C=O) groups excluding carboxylic acids is 1. The average Bonchev–Trinajstić information content (AvgIpc) is 2.99. The molecule has 0 spiro atoms. The van der Waals surface area contributed by atoms with E-state index in [1.54, 1.807) is 0 Å². The molecule has 0 bridgehead atoms. The van der Waals surface area contributed by atoms with Crippen molar-refractivity contribution in [1.82, 2.24) is 5.32 Å². The fourth-order valence-corrected chi connectivity index (χ4v) is 1.53. The Morgan fingerprint density at radius 2 is 2.33 bits per heavy atom. The van der Waals surface area contributed by atoms with Gasteiger partial charge in [-0.15, -0.1) is 0 Å². The predicted octanol–water partition coefficient (Wildman–Crippen LogP) is 1.68. The summed E-state index contributed by atoms with van der Waals surface area (Å²) in [5.74, 6) is -0.0244. The standard InChI is InChI=1S/C12H15NO2/c1-3-13-11(14)9-5-4-6-10(7-9)12(2)8-15-12/h4-7H,3,8H2,1-2H3,(H,13,14). The van der Waals surface area contributed by atoms with Crippen molar-refractivity contribution < 1.29 is 9.53 Å². The van der Waals surface area contributed by atoms with E-state index in [0.29, 0.717) is 12.1 Å². The van der Waals surface area contributed by atoms with Crippen molar-refractivity contribution in [3.8, 4) is 0 Å². The summed E-state index contributed by atoms with van der Waals surface area (Å²) in [7, 11) is 0. The van der Waals surface area contributed by atoms with Crippen molar-refractivity contribution in [2.24, 2.45) is 0 Å². The maximum absolute atomic E-state index is 11.6. The van der Waals surface area contributed by atoms with Crippen molar-refractivity contribution in [3.63, 3.8) is 0 Å².